The molecule has 0 saturated carbocycles. The molecule has 96 valence electrons. The van der Waals surface area contributed by atoms with Crippen LogP contribution in [0, 0.1) is 0 Å². The summed E-state index contributed by atoms with van der Waals surface area (Å²) in [7, 11) is 2.05. The van der Waals surface area contributed by atoms with Gasteiger partial charge in [0.1, 0.15) is 0 Å². The summed E-state index contributed by atoms with van der Waals surface area (Å²) in [4.78, 5) is 6.52. The molecule has 3 nitrogen and oxygen atoms in total. The Labute approximate surface area is 105 Å². The lowest BCUT2D eigenvalue weighted by atomic mass is 10.0. The second-order valence-corrected chi connectivity index (χ2v) is 4.36. The van der Waals surface area contributed by atoms with Gasteiger partial charge in [-0.2, -0.15) is 0 Å². The third-order valence-electron chi connectivity index (χ3n) is 3.33. The van der Waals surface area contributed by atoms with Gasteiger partial charge >= 0.3 is 0 Å². The van der Waals surface area contributed by atoms with Gasteiger partial charge in [0.2, 0.25) is 0 Å². The third-order valence-corrected chi connectivity index (χ3v) is 3.33. The summed E-state index contributed by atoms with van der Waals surface area (Å²) in [6.45, 7) is 7.90. The van der Waals surface area contributed by atoms with Gasteiger partial charge in [-0.25, -0.2) is 0 Å². The highest BCUT2D eigenvalue weighted by Gasteiger charge is 2.09. The molecule has 17 heavy (non-hydrogen) atoms. The van der Waals surface area contributed by atoms with E-state index in [1.807, 2.05) is 19.4 Å². The van der Waals surface area contributed by atoms with E-state index in [2.05, 4.69) is 41.2 Å². The van der Waals surface area contributed by atoms with Crippen molar-refractivity contribution in [3.8, 4) is 0 Å². The van der Waals surface area contributed by atoms with E-state index in [9.17, 15) is 0 Å². The fourth-order valence-corrected chi connectivity index (χ4v) is 2.03. The second-order valence-electron chi connectivity index (χ2n) is 4.36. The zero-order chi connectivity index (χ0) is 12.5. The number of nitrogens with one attached hydrogen (secondary N) is 1. The van der Waals surface area contributed by atoms with Crippen LogP contribution >= 0.6 is 0 Å². The predicted molar refractivity (Wildman–Crippen MR) is 73.2 cm³/mol. The van der Waals surface area contributed by atoms with E-state index in [1.165, 1.54) is 18.5 Å². The second kappa shape index (κ2) is 8.20. The fourth-order valence-electron chi connectivity index (χ4n) is 2.03. The minimum absolute atomic E-state index is 0.554. The molecule has 1 aromatic rings. The van der Waals surface area contributed by atoms with E-state index in [-0.39, 0.29) is 0 Å². The summed E-state index contributed by atoms with van der Waals surface area (Å²) < 4.78 is 0. The van der Waals surface area contributed by atoms with Crippen molar-refractivity contribution in [3.05, 3.63) is 30.1 Å². The topological polar surface area (TPSA) is 28.2 Å². The molecule has 1 rings (SSSR count). The molecule has 1 aromatic heterocycles. The van der Waals surface area contributed by atoms with Crippen molar-refractivity contribution in [1.29, 1.82) is 0 Å². The molecule has 0 saturated heterocycles. The van der Waals surface area contributed by atoms with E-state index in [1.54, 1.807) is 0 Å². The quantitative estimate of drug-likeness (QED) is 0.746. The first kappa shape index (κ1) is 14.1. The highest BCUT2D eigenvalue weighted by Crippen LogP contribution is 2.05. The lowest BCUT2D eigenvalue weighted by Gasteiger charge is -2.22. The highest BCUT2D eigenvalue weighted by molar-refractivity contribution is 5.11. The first-order valence-electron chi connectivity index (χ1n) is 6.58. The Morgan fingerprint density at radius 1 is 1.24 bits per heavy atom. The normalized spacial score (nSPS) is 12.9. The van der Waals surface area contributed by atoms with Gasteiger partial charge in [0.25, 0.3) is 0 Å². The van der Waals surface area contributed by atoms with Crippen molar-refractivity contribution in [2.45, 2.75) is 32.7 Å². The zero-order valence-corrected chi connectivity index (χ0v) is 11.3. The van der Waals surface area contributed by atoms with Crippen LogP contribution in [0.5, 0.6) is 0 Å². The summed E-state index contributed by atoms with van der Waals surface area (Å²) in [6.07, 6.45) is 6.01. The lowest BCUT2D eigenvalue weighted by molar-refractivity contribution is 0.283. The molecule has 3 heteroatoms. The van der Waals surface area contributed by atoms with Gasteiger partial charge in [-0.05, 0) is 57.2 Å². The number of aromatic nitrogens is 1. The molecule has 0 fully saturated rings. The van der Waals surface area contributed by atoms with Gasteiger partial charge in [0, 0.05) is 18.4 Å². The van der Waals surface area contributed by atoms with Gasteiger partial charge in [-0.3, -0.25) is 4.98 Å². The first-order chi connectivity index (χ1) is 8.30. The fraction of sp³-hybridized carbons (Fsp3) is 0.643. The van der Waals surface area contributed by atoms with Crippen molar-refractivity contribution in [3.63, 3.8) is 0 Å². The van der Waals surface area contributed by atoms with Crippen LogP contribution < -0.4 is 5.32 Å². The number of pyridine rings is 1. The van der Waals surface area contributed by atoms with Gasteiger partial charge in [0.05, 0.1) is 0 Å². The minimum atomic E-state index is 0.554. The number of likely N-dealkylation sites (N-methyl/N-ethyl adjacent to an activating group) is 1. The molecule has 1 atom stereocenters. The average molecular weight is 235 g/mol. The molecule has 1 heterocycles. The summed E-state index contributed by atoms with van der Waals surface area (Å²) in [5.41, 5.74) is 1.36. The van der Waals surface area contributed by atoms with Crippen LogP contribution in [0.4, 0.5) is 0 Å². The monoisotopic (exact) mass is 235 g/mol. The Kier molecular flexibility index (Phi) is 6.82. The van der Waals surface area contributed by atoms with Crippen molar-refractivity contribution in [1.82, 2.24) is 15.2 Å². The minimum Gasteiger partial charge on any atom is -0.317 e. The van der Waals surface area contributed by atoms with Crippen molar-refractivity contribution in [2.75, 3.05) is 26.7 Å². The molecule has 0 aliphatic heterocycles. The van der Waals surface area contributed by atoms with Crippen molar-refractivity contribution in [2.24, 2.45) is 0 Å². The molecule has 0 aliphatic carbocycles. The zero-order valence-electron chi connectivity index (χ0n) is 11.3. The Hall–Kier alpha value is -0.930. The smallest absolute Gasteiger partial charge is 0.0270 e. The SMILES string of the molecule is CCN(CC)CCC(Cc1ccncc1)NC. The number of hydrogen-bond acceptors (Lipinski definition) is 3. The molecule has 0 amide bonds. The van der Waals surface area contributed by atoms with Gasteiger partial charge in [-0.1, -0.05) is 13.8 Å². The molecule has 1 N–H and O–H groups in total. The van der Waals surface area contributed by atoms with Crippen LogP contribution in [0.2, 0.25) is 0 Å². The van der Waals surface area contributed by atoms with E-state index < -0.39 is 0 Å². The van der Waals surface area contributed by atoms with E-state index in [0.717, 1.165) is 19.5 Å². The number of hydrogen-bond donors (Lipinski definition) is 1. The van der Waals surface area contributed by atoms with Crippen LogP contribution in [-0.4, -0.2) is 42.6 Å². The maximum atomic E-state index is 4.05. The molecule has 0 radical (unpaired) electrons. The highest BCUT2D eigenvalue weighted by atomic mass is 15.1. The maximum absolute atomic E-state index is 4.05. The van der Waals surface area contributed by atoms with E-state index in [0.29, 0.717) is 6.04 Å². The Bertz CT molecular complexity index is 283. The van der Waals surface area contributed by atoms with E-state index in [4.69, 9.17) is 0 Å². The molecule has 0 aliphatic rings. The average Bonchev–Trinajstić information content (AvgIpc) is 2.39. The van der Waals surface area contributed by atoms with Gasteiger partial charge in [-0.15, -0.1) is 0 Å². The Morgan fingerprint density at radius 2 is 1.88 bits per heavy atom. The van der Waals surface area contributed by atoms with Crippen molar-refractivity contribution >= 4 is 0 Å². The lowest BCUT2D eigenvalue weighted by Crippen LogP contribution is -2.33. The standard InChI is InChI=1S/C14H25N3/c1-4-17(5-2)11-8-14(15-3)12-13-6-9-16-10-7-13/h6-7,9-10,14-15H,4-5,8,11-12H2,1-3H3. The number of nitrogens with zero attached hydrogens (tertiary/aromatic N) is 2. The largest absolute Gasteiger partial charge is 0.317 e. The van der Waals surface area contributed by atoms with Crippen LogP contribution in [-0.2, 0) is 6.42 Å². The van der Waals surface area contributed by atoms with Crippen LogP contribution in [0.25, 0.3) is 0 Å². The molecule has 0 bridgehead atoms. The summed E-state index contributed by atoms with van der Waals surface area (Å²) in [6, 6.07) is 4.75. The summed E-state index contributed by atoms with van der Waals surface area (Å²) >= 11 is 0. The van der Waals surface area contributed by atoms with Gasteiger partial charge < -0.3 is 10.2 Å². The first-order valence-corrected chi connectivity index (χ1v) is 6.58. The Balaban J connectivity index is 2.38. The third kappa shape index (κ3) is 5.29. The molecular formula is C14H25N3. The number of rotatable bonds is 8. The molecular weight excluding hydrogens is 210 g/mol. The molecule has 0 spiro atoms. The van der Waals surface area contributed by atoms with E-state index >= 15 is 0 Å². The summed E-state index contributed by atoms with van der Waals surface area (Å²) in [5, 5.41) is 3.41. The van der Waals surface area contributed by atoms with Crippen molar-refractivity contribution < 1.29 is 0 Å². The Morgan fingerprint density at radius 3 is 2.41 bits per heavy atom. The maximum Gasteiger partial charge on any atom is 0.0270 e. The molecule has 1 unspecified atom stereocenters. The predicted octanol–water partition coefficient (Wildman–Crippen LogP) is 1.94. The van der Waals surface area contributed by atoms with Crippen LogP contribution in [0.1, 0.15) is 25.8 Å². The summed E-state index contributed by atoms with van der Waals surface area (Å²) in [5.74, 6) is 0. The molecule has 0 aromatic carbocycles. The van der Waals surface area contributed by atoms with Gasteiger partial charge in [0.15, 0.2) is 0 Å². The van der Waals surface area contributed by atoms with Crippen LogP contribution in [0.15, 0.2) is 24.5 Å². The van der Waals surface area contributed by atoms with Crippen LogP contribution in [0.3, 0.4) is 0 Å².